The highest BCUT2D eigenvalue weighted by Crippen LogP contribution is 2.23. The van der Waals surface area contributed by atoms with Crippen LogP contribution in [0.3, 0.4) is 0 Å². The van der Waals surface area contributed by atoms with E-state index in [1.165, 1.54) is 35.4 Å². The van der Waals surface area contributed by atoms with Gasteiger partial charge in [-0.1, -0.05) is 24.3 Å². The van der Waals surface area contributed by atoms with Crippen molar-refractivity contribution in [3.8, 4) is 0 Å². The number of carbonyl (C=O) groups excluding carboxylic acids is 2. The van der Waals surface area contributed by atoms with Gasteiger partial charge in [-0.2, -0.15) is 0 Å². The minimum atomic E-state index is -1.08. The molecule has 2 N–H and O–H groups in total. The van der Waals surface area contributed by atoms with E-state index in [1.807, 2.05) is 12.1 Å². The molecule has 146 valence electrons. The van der Waals surface area contributed by atoms with Gasteiger partial charge in [0.25, 0.3) is 0 Å². The number of aryl methyl sites for hydroxylation is 2. The maximum absolute atomic E-state index is 13.1. The second-order valence-corrected chi connectivity index (χ2v) is 7.03. The van der Waals surface area contributed by atoms with Crippen LogP contribution in [0.1, 0.15) is 58.8 Å². The maximum Gasteiger partial charge on any atom is 0.305 e. The molecule has 0 saturated heterocycles. The van der Waals surface area contributed by atoms with Gasteiger partial charge in [0.2, 0.25) is 5.91 Å². The van der Waals surface area contributed by atoms with E-state index in [0.29, 0.717) is 11.1 Å². The summed E-state index contributed by atoms with van der Waals surface area (Å²) in [5, 5.41) is 11.7. The summed E-state index contributed by atoms with van der Waals surface area (Å²) >= 11 is 0. The molecule has 0 aliphatic heterocycles. The van der Waals surface area contributed by atoms with Gasteiger partial charge in [0.15, 0.2) is 5.78 Å². The van der Waals surface area contributed by atoms with E-state index in [9.17, 15) is 18.8 Å². The molecule has 1 aliphatic rings. The van der Waals surface area contributed by atoms with Gasteiger partial charge in [-0.25, -0.2) is 4.39 Å². The molecular formula is C22H22FNO4. The molecule has 5 nitrogen and oxygen atoms in total. The van der Waals surface area contributed by atoms with Crippen LogP contribution < -0.4 is 5.32 Å². The molecule has 2 aromatic carbocycles. The summed E-state index contributed by atoms with van der Waals surface area (Å²) in [4.78, 5) is 35.8. The Hall–Kier alpha value is -3.02. The molecule has 0 saturated carbocycles. The number of hydrogen-bond acceptors (Lipinski definition) is 3. The molecule has 0 heterocycles. The average Bonchev–Trinajstić information content (AvgIpc) is 3.13. The third-order valence-electron chi connectivity index (χ3n) is 4.99. The van der Waals surface area contributed by atoms with Gasteiger partial charge in [0.05, 0.1) is 12.5 Å². The van der Waals surface area contributed by atoms with E-state index in [4.69, 9.17) is 5.11 Å². The van der Waals surface area contributed by atoms with Crippen LogP contribution in [0.2, 0.25) is 0 Å². The molecule has 3 rings (SSSR count). The topological polar surface area (TPSA) is 83.5 Å². The van der Waals surface area contributed by atoms with Gasteiger partial charge in [-0.3, -0.25) is 14.4 Å². The average molecular weight is 383 g/mol. The van der Waals surface area contributed by atoms with E-state index in [2.05, 4.69) is 5.32 Å². The summed E-state index contributed by atoms with van der Waals surface area (Å²) in [6.07, 6.45) is 2.81. The number of fused-ring (bicyclic) bond motifs is 1. The lowest BCUT2D eigenvalue weighted by Gasteiger charge is -2.17. The number of rotatable bonds is 8. The third-order valence-corrected chi connectivity index (χ3v) is 4.99. The number of ketones is 1. The molecule has 0 radical (unpaired) electrons. The minimum Gasteiger partial charge on any atom is -0.481 e. The summed E-state index contributed by atoms with van der Waals surface area (Å²) in [6, 6.07) is 10.2. The molecule has 0 spiro atoms. The van der Waals surface area contributed by atoms with Crippen molar-refractivity contribution in [2.75, 3.05) is 0 Å². The molecule has 1 aliphatic carbocycles. The molecule has 0 bridgehead atoms. The number of carboxylic acid groups (broad SMARTS) is 1. The number of carbonyl (C=O) groups is 3. The Kier molecular flexibility index (Phi) is 6.19. The Morgan fingerprint density at radius 1 is 1.00 bits per heavy atom. The van der Waals surface area contributed by atoms with Gasteiger partial charge >= 0.3 is 5.97 Å². The second kappa shape index (κ2) is 8.78. The third kappa shape index (κ3) is 5.03. The first-order valence-corrected chi connectivity index (χ1v) is 9.34. The highest BCUT2D eigenvalue weighted by Gasteiger charge is 2.19. The summed E-state index contributed by atoms with van der Waals surface area (Å²) in [7, 11) is 0. The van der Waals surface area contributed by atoms with Gasteiger partial charge in [0.1, 0.15) is 5.82 Å². The Labute approximate surface area is 162 Å². The number of Topliss-reactive ketones (excluding diaryl/α,β-unsaturated/α-hetero) is 1. The minimum absolute atomic E-state index is 0.0345. The van der Waals surface area contributed by atoms with Crippen molar-refractivity contribution in [1.29, 1.82) is 0 Å². The molecule has 0 aromatic heterocycles. The summed E-state index contributed by atoms with van der Waals surface area (Å²) in [5.74, 6) is -2.04. The van der Waals surface area contributed by atoms with Crippen molar-refractivity contribution >= 4 is 17.7 Å². The zero-order valence-electron chi connectivity index (χ0n) is 15.4. The summed E-state index contributed by atoms with van der Waals surface area (Å²) in [6.45, 7) is 0. The largest absolute Gasteiger partial charge is 0.481 e. The van der Waals surface area contributed by atoms with Crippen molar-refractivity contribution in [2.45, 2.75) is 44.6 Å². The monoisotopic (exact) mass is 383 g/mol. The van der Waals surface area contributed by atoms with E-state index in [-0.39, 0.29) is 25.0 Å². The summed E-state index contributed by atoms with van der Waals surface area (Å²) in [5.41, 5.74) is 3.59. The van der Waals surface area contributed by atoms with Gasteiger partial charge in [-0.05, 0) is 54.2 Å². The number of nitrogens with one attached hydrogen (secondary N) is 1. The number of halogens is 1. The Morgan fingerprint density at radius 2 is 1.71 bits per heavy atom. The fraction of sp³-hybridized carbons (Fsp3) is 0.318. The number of carboxylic acids is 1. The lowest BCUT2D eigenvalue weighted by atomic mass is 10.0. The van der Waals surface area contributed by atoms with Gasteiger partial charge < -0.3 is 10.4 Å². The van der Waals surface area contributed by atoms with Crippen molar-refractivity contribution in [1.82, 2.24) is 5.32 Å². The zero-order valence-corrected chi connectivity index (χ0v) is 15.4. The number of amides is 1. The lowest BCUT2D eigenvalue weighted by molar-refractivity contribution is -0.137. The van der Waals surface area contributed by atoms with E-state index in [0.717, 1.165) is 19.3 Å². The molecule has 28 heavy (non-hydrogen) atoms. The normalized spacial score (nSPS) is 13.6. The fourth-order valence-electron chi connectivity index (χ4n) is 3.51. The molecule has 0 fully saturated rings. The van der Waals surface area contributed by atoms with Crippen LogP contribution in [0.15, 0.2) is 42.5 Å². The lowest BCUT2D eigenvalue weighted by Crippen LogP contribution is -2.30. The molecular weight excluding hydrogens is 361 g/mol. The van der Waals surface area contributed by atoms with Crippen LogP contribution in [-0.4, -0.2) is 22.8 Å². The highest BCUT2D eigenvalue weighted by atomic mass is 19.1. The maximum atomic E-state index is 13.1. The van der Waals surface area contributed by atoms with Crippen LogP contribution in [0, 0.1) is 5.82 Å². The zero-order chi connectivity index (χ0) is 20.1. The Bertz CT molecular complexity index is 892. The number of benzene rings is 2. The molecule has 1 atom stereocenters. The fourth-order valence-corrected chi connectivity index (χ4v) is 3.51. The predicted octanol–water partition coefficient (Wildman–Crippen LogP) is 3.61. The van der Waals surface area contributed by atoms with Crippen LogP contribution >= 0.6 is 0 Å². The van der Waals surface area contributed by atoms with Crippen LogP contribution in [-0.2, 0) is 22.4 Å². The van der Waals surface area contributed by atoms with Crippen molar-refractivity contribution in [2.24, 2.45) is 0 Å². The first-order valence-electron chi connectivity index (χ1n) is 9.34. The van der Waals surface area contributed by atoms with Crippen molar-refractivity contribution in [3.05, 3.63) is 70.5 Å². The van der Waals surface area contributed by atoms with E-state index >= 15 is 0 Å². The van der Waals surface area contributed by atoms with E-state index in [1.54, 1.807) is 6.07 Å². The van der Waals surface area contributed by atoms with Crippen molar-refractivity contribution in [3.63, 3.8) is 0 Å². The first-order chi connectivity index (χ1) is 13.4. The molecule has 2 aromatic rings. The molecule has 1 amide bonds. The molecule has 1 unspecified atom stereocenters. The number of aliphatic carboxylic acids is 1. The first kappa shape index (κ1) is 19.7. The van der Waals surface area contributed by atoms with Crippen LogP contribution in [0.5, 0.6) is 0 Å². The SMILES string of the molecule is O=C(O)CC(NC(=O)CCC(=O)c1ccc2c(c1)CCC2)c1ccc(F)cc1. The number of hydrogen-bond donors (Lipinski definition) is 2. The quantitative estimate of drug-likeness (QED) is 0.682. The van der Waals surface area contributed by atoms with Crippen LogP contribution in [0.25, 0.3) is 0 Å². The van der Waals surface area contributed by atoms with Crippen LogP contribution in [0.4, 0.5) is 4.39 Å². The highest BCUT2D eigenvalue weighted by molar-refractivity contribution is 5.98. The smallest absolute Gasteiger partial charge is 0.305 e. The second-order valence-electron chi connectivity index (χ2n) is 7.03. The predicted molar refractivity (Wildman–Crippen MR) is 102 cm³/mol. The van der Waals surface area contributed by atoms with Gasteiger partial charge in [-0.15, -0.1) is 0 Å². The Morgan fingerprint density at radius 3 is 2.43 bits per heavy atom. The van der Waals surface area contributed by atoms with Crippen molar-refractivity contribution < 1.29 is 23.9 Å². The van der Waals surface area contributed by atoms with Gasteiger partial charge in [0, 0.05) is 18.4 Å². The standard InChI is InChI=1S/C22H22FNO4/c23-18-8-6-15(7-9-18)19(13-22(27)28)24-21(26)11-10-20(25)17-5-4-14-2-1-3-16(14)12-17/h4-9,12,19H,1-3,10-11,13H2,(H,24,26)(H,27,28). The summed E-state index contributed by atoms with van der Waals surface area (Å²) < 4.78 is 13.1. The van der Waals surface area contributed by atoms with E-state index < -0.39 is 23.7 Å². The Balaban J connectivity index is 1.58. The molecule has 6 heteroatoms.